The zero-order valence-corrected chi connectivity index (χ0v) is 15.3. The average molecular weight is 376 g/mol. The van der Waals surface area contributed by atoms with Gasteiger partial charge in [-0.05, 0) is 17.7 Å². The highest BCUT2D eigenvalue weighted by Gasteiger charge is 2.25. The number of hydrogen-bond donors (Lipinski definition) is 1. The van der Waals surface area contributed by atoms with Crippen molar-refractivity contribution < 1.29 is 17.9 Å². The second kappa shape index (κ2) is 8.15. The third-order valence-corrected chi connectivity index (χ3v) is 5.87. The highest BCUT2D eigenvalue weighted by Crippen LogP contribution is 2.23. The maximum absolute atomic E-state index is 12.2. The number of rotatable bonds is 5. The van der Waals surface area contributed by atoms with Crippen LogP contribution < -0.4 is 5.32 Å². The summed E-state index contributed by atoms with van der Waals surface area (Å²) in [6, 6.07) is 7.03. The van der Waals surface area contributed by atoms with Gasteiger partial charge in [0.1, 0.15) is 6.10 Å². The van der Waals surface area contributed by atoms with Gasteiger partial charge in [0.15, 0.2) is 0 Å². The number of amides is 2. The van der Waals surface area contributed by atoms with Crippen molar-refractivity contribution in [1.82, 2.24) is 14.5 Å². The minimum Gasteiger partial charge on any atom is -0.370 e. The van der Waals surface area contributed by atoms with Crippen molar-refractivity contribution >= 4 is 27.7 Å². The molecular formula is C15H22ClN3O4S. The minimum absolute atomic E-state index is 0.0717. The zero-order chi connectivity index (χ0) is 17.7. The highest BCUT2D eigenvalue weighted by atomic mass is 35.5. The van der Waals surface area contributed by atoms with Gasteiger partial charge in [-0.25, -0.2) is 17.5 Å². The van der Waals surface area contributed by atoms with Crippen LogP contribution in [0.2, 0.25) is 5.02 Å². The number of nitrogens with one attached hydrogen (secondary N) is 1. The van der Waals surface area contributed by atoms with E-state index in [1.165, 1.54) is 14.1 Å². The van der Waals surface area contributed by atoms with Crippen LogP contribution in [0.3, 0.4) is 0 Å². The molecule has 1 aliphatic rings. The number of carbonyl (C=O) groups excluding carboxylic acids is 1. The average Bonchev–Trinajstić information content (AvgIpc) is 2.55. The molecule has 0 aromatic heterocycles. The zero-order valence-electron chi connectivity index (χ0n) is 13.7. The summed E-state index contributed by atoms with van der Waals surface area (Å²) in [4.78, 5) is 13.8. The summed E-state index contributed by atoms with van der Waals surface area (Å²) in [5, 5.41) is 3.29. The van der Waals surface area contributed by atoms with Gasteiger partial charge in [0.2, 0.25) is 10.0 Å². The van der Waals surface area contributed by atoms with Crippen LogP contribution in [0.4, 0.5) is 4.79 Å². The first-order valence-electron chi connectivity index (χ1n) is 7.59. The lowest BCUT2D eigenvalue weighted by Gasteiger charge is -2.33. The van der Waals surface area contributed by atoms with Crippen LogP contribution >= 0.6 is 11.6 Å². The largest absolute Gasteiger partial charge is 0.370 e. The topological polar surface area (TPSA) is 79.0 Å². The second-order valence-electron chi connectivity index (χ2n) is 5.69. The fourth-order valence-corrected chi connectivity index (χ4v) is 3.15. The predicted molar refractivity (Wildman–Crippen MR) is 92.6 cm³/mol. The third kappa shape index (κ3) is 5.07. The lowest BCUT2D eigenvalue weighted by atomic mass is 10.1. The first-order valence-corrected chi connectivity index (χ1v) is 9.58. The van der Waals surface area contributed by atoms with E-state index in [-0.39, 0.29) is 24.4 Å². The van der Waals surface area contributed by atoms with Crippen LogP contribution in [0.5, 0.6) is 0 Å². The van der Waals surface area contributed by atoms with Crippen LogP contribution in [-0.2, 0) is 14.8 Å². The fraction of sp³-hybridized carbons (Fsp3) is 0.533. The fourth-order valence-electron chi connectivity index (χ4n) is 2.29. The van der Waals surface area contributed by atoms with Gasteiger partial charge in [0, 0.05) is 32.2 Å². The quantitative estimate of drug-likeness (QED) is 0.841. The SMILES string of the molecule is CN(C)S(=O)(=O)CCNC(=O)N1CCOC(c2ccc(Cl)cc2)C1. The molecule has 0 aliphatic carbocycles. The first-order chi connectivity index (χ1) is 11.3. The van der Waals surface area contributed by atoms with E-state index in [0.29, 0.717) is 24.7 Å². The lowest BCUT2D eigenvalue weighted by Crippen LogP contribution is -2.48. The number of sulfonamides is 1. The van der Waals surface area contributed by atoms with Gasteiger partial charge in [-0.3, -0.25) is 0 Å². The Morgan fingerprint density at radius 1 is 1.38 bits per heavy atom. The Hall–Kier alpha value is -1.35. The molecule has 9 heteroatoms. The molecule has 1 N–H and O–H groups in total. The maximum Gasteiger partial charge on any atom is 0.317 e. The molecule has 1 unspecified atom stereocenters. The summed E-state index contributed by atoms with van der Waals surface area (Å²) >= 11 is 5.88. The molecule has 0 spiro atoms. The second-order valence-corrected chi connectivity index (χ2v) is 8.43. The Morgan fingerprint density at radius 3 is 2.67 bits per heavy atom. The van der Waals surface area contributed by atoms with E-state index in [4.69, 9.17) is 16.3 Å². The molecular weight excluding hydrogens is 354 g/mol. The normalized spacial score (nSPS) is 18.7. The van der Waals surface area contributed by atoms with Crippen molar-refractivity contribution in [2.45, 2.75) is 6.10 Å². The van der Waals surface area contributed by atoms with Crippen molar-refractivity contribution in [2.24, 2.45) is 0 Å². The Balaban J connectivity index is 1.87. The van der Waals surface area contributed by atoms with Crippen LogP contribution in [0.15, 0.2) is 24.3 Å². The van der Waals surface area contributed by atoms with Gasteiger partial charge in [0.05, 0.1) is 18.9 Å². The minimum atomic E-state index is -3.32. The molecule has 0 radical (unpaired) electrons. The molecule has 2 rings (SSSR count). The number of benzene rings is 1. The number of nitrogens with zero attached hydrogens (tertiary/aromatic N) is 2. The summed E-state index contributed by atoms with van der Waals surface area (Å²) in [5.41, 5.74) is 0.951. The molecule has 1 aliphatic heterocycles. The van der Waals surface area contributed by atoms with Crippen LogP contribution in [-0.4, -0.2) is 69.7 Å². The van der Waals surface area contributed by atoms with Gasteiger partial charge in [-0.15, -0.1) is 0 Å². The van der Waals surface area contributed by atoms with Crippen molar-refractivity contribution in [2.75, 3.05) is 46.1 Å². The van der Waals surface area contributed by atoms with Crippen LogP contribution in [0.1, 0.15) is 11.7 Å². The molecule has 0 bridgehead atoms. The summed E-state index contributed by atoms with van der Waals surface area (Å²) in [7, 11) is -0.383. The summed E-state index contributed by atoms with van der Waals surface area (Å²) < 4.78 is 30.2. The van der Waals surface area contributed by atoms with Crippen molar-refractivity contribution in [3.05, 3.63) is 34.9 Å². The van der Waals surface area contributed by atoms with E-state index in [1.54, 1.807) is 17.0 Å². The molecule has 1 aromatic rings. The summed E-state index contributed by atoms with van der Waals surface area (Å²) in [5.74, 6) is -0.128. The van der Waals surface area contributed by atoms with Gasteiger partial charge < -0.3 is 15.0 Å². The van der Waals surface area contributed by atoms with Crippen LogP contribution in [0.25, 0.3) is 0 Å². The molecule has 1 atom stereocenters. The summed E-state index contributed by atoms with van der Waals surface area (Å²) in [6.07, 6.45) is -0.215. The first kappa shape index (κ1) is 19.0. The number of urea groups is 1. The van der Waals surface area contributed by atoms with E-state index in [0.717, 1.165) is 9.87 Å². The van der Waals surface area contributed by atoms with Crippen molar-refractivity contribution in [3.8, 4) is 0 Å². The molecule has 2 amide bonds. The van der Waals surface area contributed by atoms with Gasteiger partial charge >= 0.3 is 6.03 Å². The Labute approximate surface area is 147 Å². The molecule has 1 aromatic carbocycles. The number of hydrogen-bond acceptors (Lipinski definition) is 4. The Bertz CT molecular complexity index is 664. The molecule has 1 heterocycles. The van der Waals surface area contributed by atoms with E-state index in [9.17, 15) is 13.2 Å². The standard InChI is InChI=1S/C15H22ClN3O4S/c1-18(2)24(21,22)10-7-17-15(20)19-8-9-23-14(11-19)12-3-5-13(16)6-4-12/h3-6,14H,7-11H2,1-2H3,(H,17,20). The predicted octanol–water partition coefficient (Wildman–Crippen LogP) is 1.31. The molecule has 134 valence electrons. The van der Waals surface area contributed by atoms with E-state index in [2.05, 4.69) is 5.32 Å². The molecule has 1 fully saturated rings. The van der Waals surface area contributed by atoms with E-state index < -0.39 is 10.0 Å². The maximum atomic E-state index is 12.2. The molecule has 1 saturated heterocycles. The summed E-state index contributed by atoms with van der Waals surface area (Å²) in [6.45, 7) is 1.38. The Morgan fingerprint density at radius 2 is 2.04 bits per heavy atom. The number of morpholine rings is 1. The molecule has 0 saturated carbocycles. The Kier molecular flexibility index (Phi) is 6.45. The lowest BCUT2D eigenvalue weighted by molar-refractivity contribution is -0.0153. The molecule has 7 nitrogen and oxygen atoms in total. The molecule has 24 heavy (non-hydrogen) atoms. The van der Waals surface area contributed by atoms with E-state index >= 15 is 0 Å². The number of halogens is 1. The smallest absolute Gasteiger partial charge is 0.317 e. The van der Waals surface area contributed by atoms with Crippen LogP contribution in [0, 0.1) is 0 Å². The third-order valence-electron chi connectivity index (χ3n) is 3.79. The van der Waals surface area contributed by atoms with Gasteiger partial charge in [0.25, 0.3) is 0 Å². The van der Waals surface area contributed by atoms with Crippen molar-refractivity contribution in [3.63, 3.8) is 0 Å². The monoisotopic (exact) mass is 375 g/mol. The van der Waals surface area contributed by atoms with Crippen molar-refractivity contribution in [1.29, 1.82) is 0 Å². The van der Waals surface area contributed by atoms with Gasteiger partial charge in [-0.1, -0.05) is 23.7 Å². The van der Waals surface area contributed by atoms with Gasteiger partial charge in [-0.2, -0.15) is 0 Å². The number of carbonyl (C=O) groups is 1. The highest BCUT2D eigenvalue weighted by molar-refractivity contribution is 7.89. The number of ether oxygens (including phenoxy) is 1. The van der Waals surface area contributed by atoms with E-state index in [1.807, 2.05) is 12.1 Å².